The first-order valence-electron chi connectivity index (χ1n) is 34.0. The van der Waals surface area contributed by atoms with Crippen LogP contribution in [0.5, 0.6) is 0 Å². The number of amides is 1. The topological polar surface area (TPSA) is 128 Å². The summed E-state index contributed by atoms with van der Waals surface area (Å²) in [6.07, 6.45) is 45.3. The summed E-state index contributed by atoms with van der Waals surface area (Å²) in [5.74, 6) is -0.225. The zero-order chi connectivity index (χ0) is 57.6. The molecule has 0 aliphatic rings. The molecular formula is C67H131NO11. The van der Waals surface area contributed by atoms with Crippen molar-refractivity contribution in [2.75, 3.05) is 85.8 Å². The van der Waals surface area contributed by atoms with Gasteiger partial charge >= 0.3 is 11.9 Å². The Balaban J connectivity index is 5.50. The zero-order valence-corrected chi connectivity index (χ0v) is 53.1. The van der Waals surface area contributed by atoms with Crippen molar-refractivity contribution in [2.24, 2.45) is 0 Å². The molecule has 79 heavy (non-hydrogen) atoms. The van der Waals surface area contributed by atoms with Crippen molar-refractivity contribution in [3.63, 3.8) is 0 Å². The monoisotopic (exact) mass is 1130 g/mol. The Bertz CT molecular complexity index is 1230. The Morgan fingerprint density at radius 3 is 1.06 bits per heavy atom. The molecule has 0 fully saturated rings. The van der Waals surface area contributed by atoms with Gasteiger partial charge in [-0.05, 0) is 90.4 Å². The predicted molar refractivity (Wildman–Crippen MR) is 328 cm³/mol. The lowest BCUT2D eigenvalue weighted by Gasteiger charge is -2.28. The zero-order valence-electron chi connectivity index (χ0n) is 53.1. The van der Waals surface area contributed by atoms with Gasteiger partial charge in [-0.1, -0.05) is 208 Å². The molecule has 1 amide bonds. The van der Waals surface area contributed by atoms with Crippen LogP contribution in [-0.4, -0.2) is 127 Å². The fourth-order valence-corrected chi connectivity index (χ4v) is 10.0. The van der Waals surface area contributed by atoms with E-state index in [2.05, 4.69) is 34.6 Å². The minimum atomic E-state index is -0.744. The van der Waals surface area contributed by atoms with Gasteiger partial charge in [0.05, 0.1) is 52.9 Å². The summed E-state index contributed by atoms with van der Waals surface area (Å²) < 4.78 is 47.4. The average molecular weight is 1130 g/mol. The molecule has 470 valence electrons. The molecule has 0 bridgehead atoms. The molecule has 1 unspecified atom stereocenters. The number of rotatable bonds is 66. The lowest BCUT2D eigenvalue weighted by atomic mass is 10.0. The molecular weight excluding hydrogens is 995 g/mol. The lowest BCUT2D eigenvalue weighted by molar-refractivity contribution is -0.151. The van der Waals surface area contributed by atoms with Gasteiger partial charge in [-0.25, -0.2) is 0 Å². The third kappa shape index (κ3) is 55.1. The molecule has 0 aromatic carbocycles. The Labute approximate surface area is 488 Å². The maximum absolute atomic E-state index is 14.4. The highest BCUT2D eigenvalue weighted by Gasteiger charge is 2.26. The molecule has 0 spiro atoms. The van der Waals surface area contributed by atoms with Crippen LogP contribution in [0.2, 0.25) is 0 Å². The molecule has 0 N–H and O–H groups in total. The van der Waals surface area contributed by atoms with Crippen molar-refractivity contribution in [1.29, 1.82) is 0 Å². The van der Waals surface area contributed by atoms with E-state index >= 15 is 0 Å². The Morgan fingerprint density at radius 2 is 0.658 bits per heavy atom. The first-order valence-corrected chi connectivity index (χ1v) is 34.0. The molecule has 0 saturated heterocycles. The van der Waals surface area contributed by atoms with Crippen molar-refractivity contribution >= 4 is 17.8 Å². The van der Waals surface area contributed by atoms with E-state index in [9.17, 15) is 14.4 Å². The van der Waals surface area contributed by atoms with Gasteiger partial charge in [0.2, 0.25) is 0 Å². The summed E-state index contributed by atoms with van der Waals surface area (Å²) in [4.78, 5) is 42.6. The SMILES string of the molecule is CCCCCCCCC(CCCCCCCC)OC(=O)CCCCCOCC(OCCCCCC(=O)OC(CCCCCCCC)CCCCCCCC)C(=O)N(CCCCCCCC)CCOCCOCCOCCOCC. The van der Waals surface area contributed by atoms with E-state index in [1.165, 1.54) is 148 Å². The highest BCUT2D eigenvalue weighted by atomic mass is 16.6. The molecule has 0 radical (unpaired) electrons. The van der Waals surface area contributed by atoms with Crippen molar-refractivity contribution in [2.45, 2.75) is 330 Å². The Kier molecular flexibility index (Phi) is 62.3. The molecule has 0 aliphatic heterocycles. The minimum Gasteiger partial charge on any atom is -0.462 e. The van der Waals surface area contributed by atoms with Gasteiger partial charge in [-0.2, -0.15) is 0 Å². The molecule has 0 heterocycles. The number of ether oxygens (including phenoxy) is 8. The third-order valence-electron chi connectivity index (χ3n) is 15.1. The van der Waals surface area contributed by atoms with E-state index in [1.54, 1.807) is 0 Å². The molecule has 0 aromatic rings. The van der Waals surface area contributed by atoms with Gasteiger partial charge in [-0.3, -0.25) is 14.4 Å². The van der Waals surface area contributed by atoms with Crippen molar-refractivity contribution < 1.29 is 52.3 Å². The van der Waals surface area contributed by atoms with Crippen LogP contribution >= 0.6 is 0 Å². The molecule has 12 nitrogen and oxygen atoms in total. The number of nitrogens with zero attached hydrogens (tertiary/aromatic N) is 1. The number of hydrogen-bond donors (Lipinski definition) is 0. The molecule has 0 aliphatic carbocycles. The molecule has 0 saturated carbocycles. The smallest absolute Gasteiger partial charge is 0.306 e. The number of hydrogen-bond acceptors (Lipinski definition) is 11. The van der Waals surface area contributed by atoms with E-state index in [0.717, 1.165) is 109 Å². The van der Waals surface area contributed by atoms with Crippen LogP contribution in [0.15, 0.2) is 0 Å². The van der Waals surface area contributed by atoms with Crippen LogP contribution < -0.4 is 0 Å². The predicted octanol–water partition coefficient (Wildman–Crippen LogP) is 17.6. The van der Waals surface area contributed by atoms with Crippen molar-refractivity contribution in [3.05, 3.63) is 0 Å². The second-order valence-electron chi connectivity index (χ2n) is 22.6. The van der Waals surface area contributed by atoms with Crippen LogP contribution in [0, 0.1) is 0 Å². The highest BCUT2D eigenvalue weighted by molar-refractivity contribution is 5.81. The molecule has 0 rings (SSSR count). The Hall–Kier alpha value is -1.83. The first kappa shape index (κ1) is 77.2. The van der Waals surface area contributed by atoms with Gasteiger partial charge in [0.15, 0.2) is 6.10 Å². The number of unbranched alkanes of at least 4 members (excludes halogenated alkanes) is 29. The summed E-state index contributed by atoms with van der Waals surface area (Å²) >= 11 is 0. The van der Waals surface area contributed by atoms with Gasteiger partial charge < -0.3 is 42.8 Å². The van der Waals surface area contributed by atoms with Gasteiger partial charge in [0.25, 0.3) is 5.91 Å². The van der Waals surface area contributed by atoms with E-state index in [0.29, 0.717) is 92.0 Å². The fraction of sp³-hybridized carbons (Fsp3) is 0.955. The molecule has 1 atom stereocenters. The van der Waals surface area contributed by atoms with E-state index in [4.69, 9.17) is 37.9 Å². The highest BCUT2D eigenvalue weighted by Crippen LogP contribution is 2.21. The van der Waals surface area contributed by atoms with Gasteiger partial charge in [0, 0.05) is 45.8 Å². The summed E-state index contributed by atoms with van der Waals surface area (Å²) in [5.41, 5.74) is 0. The summed E-state index contributed by atoms with van der Waals surface area (Å²) in [7, 11) is 0. The van der Waals surface area contributed by atoms with Crippen molar-refractivity contribution in [3.8, 4) is 0 Å². The second kappa shape index (κ2) is 63.7. The van der Waals surface area contributed by atoms with Gasteiger partial charge in [-0.15, -0.1) is 0 Å². The minimum absolute atomic E-state index is 0.0209. The maximum Gasteiger partial charge on any atom is 0.306 e. The van der Waals surface area contributed by atoms with E-state index in [-0.39, 0.29) is 36.7 Å². The number of carbonyl (C=O) groups is 3. The third-order valence-corrected chi connectivity index (χ3v) is 15.1. The van der Waals surface area contributed by atoms with Crippen LogP contribution in [0.3, 0.4) is 0 Å². The molecule has 0 aromatic heterocycles. The summed E-state index contributed by atoms with van der Waals surface area (Å²) in [5, 5.41) is 0. The second-order valence-corrected chi connectivity index (χ2v) is 22.6. The normalized spacial score (nSPS) is 12.1. The van der Waals surface area contributed by atoms with Crippen LogP contribution in [0.1, 0.15) is 311 Å². The van der Waals surface area contributed by atoms with E-state index < -0.39 is 6.10 Å². The van der Waals surface area contributed by atoms with Crippen LogP contribution in [0.25, 0.3) is 0 Å². The summed E-state index contributed by atoms with van der Waals surface area (Å²) in [6, 6.07) is 0. The van der Waals surface area contributed by atoms with Crippen LogP contribution in [-0.2, 0) is 52.3 Å². The lowest BCUT2D eigenvalue weighted by Crippen LogP contribution is -2.45. The van der Waals surface area contributed by atoms with Crippen LogP contribution in [0.4, 0.5) is 0 Å². The maximum atomic E-state index is 14.4. The average Bonchev–Trinajstić information content (AvgIpc) is 3.44. The molecule has 12 heteroatoms. The Morgan fingerprint density at radius 1 is 0.316 bits per heavy atom. The van der Waals surface area contributed by atoms with Crippen molar-refractivity contribution in [1.82, 2.24) is 4.90 Å². The summed E-state index contributed by atoms with van der Waals surface area (Å²) in [6.45, 7) is 19.5. The number of esters is 2. The van der Waals surface area contributed by atoms with E-state index in [1.807, 2.05) is 11.8 Å². The largest absolute Gasteiger partial charge is 0.462 e. The quantitative estimate of drug-likeness (QED) is 0.0426. The van der Waals surface area contributed by atoms with Gasteiger partial charge in [0.1, 0.15) is 12.2 Å². The fourth-order valence-electron chi connectivity index (χ4n) is 10.0. The number of carbonyl (C=O) groups excluding carboxylic acids is 3. The standard InChI is InChI=1S/C67H131NO11/c1-7-13-18-23-28-35-44-62(45-36-29-24-19-14-8-2)78-65(69)48-39-33-42-52-76-61-64(67(71)68(50-41-32-27-22-17-11-5)51-54-73-57-58-75-60-59-74-56-55-72-12-6)77-53-43-34-40-49-66(70)79-63(46-37-30-25-20-15-9-3)47-38-31-26-21-16-10-4/h62-64H,7-61H2,1-6H3. The first-order chi connectivity index (χ1) is 38.9.